The molecular weight excluding hydrogens is 265 g/mol. The lowest BCUT2D eigenvalue weighted by molar-refractivity contribution is -0.142. The van der Waals surface area contributed by atoms with Crippen molar-refractivity contribution < 1.29 is 22.7 Å². The third kappa shape index (κ3) is 4.25. The van der Waals surface area contributed by atoms with Gasteiger partial charge in [-0.25, -0.2) is 0 Å². The van der Waals surface area contributed by atoms with Gasteiger partial charge in [-0.05, 0) is 38.1 Å². The largest absolute Gasteiger partial charge is 0.465 e. The second-order valence-corrected chi connectivity index (χ2v) is 4.95. The molecule has 6 heteroatoms. The number of hydrogen-bond acceptors (Lipinski definition) is 3. The SMILES string of the molecule is CCOC(=O)C(C)Sc1ccc(C(F)(F)F)cc1. The number of halogens is 3. The number of carbonyl (C=O) groups is 1. The van der Waals surface area contributed by atoms with E-state index >= 15 is 0 Å². The van der Waals surface area contributed by atoms with E-state index in [0.29, 0.717) is 4.90 Å². The van der Waals surface area contributed by atoms with Crippen molar-refractivity contribution in [3.8, 4) is 0 Å². The van der Waals surface area contributed by atoms with Gasteiger partial charge in [0.1, 0.15) is 5.25 Å². The second kappa shape index (κ2) is 6.13. The van der Waals surface area contributed by atoms with Gasteiger partial charge in [-0.15, -0.1) is 11.8 Å². The van der Waals surface area contributed by atoms with Crippen LogP contribution >= 0.6 is 11.8 Å². The van der Waals surface area contributed by atoms with Crippen LogP contribution in [0.5, 0.6) is 0 Å². The molecule has 0 aliphatic heterocycles. The van der Waals surface area contributed by atoms with Gasteiger partial charge in [-0.3, -0.25) is 4.79 Å². The molecule has 0 bridgehead atoms. The predicted molar refractivity (Wildman–Crippen MR) is 63.4 cm³/mol. The first-order chi connectivity index (χ1) is 8.34. The standard InChI is InChI=1S/C12H13F3O2S/c1-3-17-11(16)8(2)18-10-6-4-9(5-7-10)12(13,14)15/h4-8H,3H2,1-2H3. The van der Waals surface area contributed by atoms with Crippen LogP contribution in [0.2, 0.25) is 0 Å². The first-order valence-electron chi connectivity index (χ1n) is 5.35. The molecule has 18 heavy (non-hydrogen) atoms. The van der Waals surface area contributed by atoms with Crippen LogP contribution in [-0.2, 0) is 15.7 Å². The molecule has 0 aliphatic rings. The van der Waals surface area contributed by atoms with Gasteiger partial charge >= 0.3 is 12.1 Å². The quantitative estimate of drug-likeness (QED) is 0.620. The Bertz CT molecular complexity index is 401. The zero-order valence-electron chi connectivity index (χ0n) is 9.95. The highest BCUT2D eigenvalue weighted by Gasteiger charge is 2.30. The minimum atomic E-state index is -4.34. The fraction of sp³-hybridized carbons (Fsp3) is 0.417. The topological polar surface area (TPSA) is 26.3 Å². The van der Waals surface area contributed by atoms with Gasteiger partial charge in [0.15, 0.2) is 0 Å². The van der Waals surface area contributed by atoms with E-state index in [-0.39, 0.29) is 12.6 Å². The first-order valence-corrected chi connectivity index (χ1v) is 6.23. The van der Waals surface area contributed by atoms with Gasteiger partial charge in [0.25, 0.3) is 0 Å². The molecule has 0 aromatic heterocycles. The van der Waals surface area contributed by atoms with Gasteiger partial charge in [0.2, 0.25) is 0 Å². The summed E-state index contributed by atoms with van der Waals surface area (Å²) in [5.41, 5.74) is -0.698. The molecule has 0 saturated carbocycles. The summed E-state index contributed by atoms with van der Waals surface area (Å²) in [6.45, 7) is 3.64. The third-order valence-electron chi connectivity index (χ3n) is 2.11. The van der Waals surface area contributed by atoms with E-state index in [0.717, 1.165) is 12.1 Å². The molecular formula is C12H13F3O2S. The fourth-order valence-corrected chi connectivity index (χ4v) is 2.10. The second-order valence-electron chi connectivity index (χ2n) is 3.53. The smallest absolute Gasteiger partial charge is 0.416 e. The Morgan fingerprint density at radius 2 is 1.89 bits per heavy atom. The molecule has 1 rings (SSSR count). The summed E-state index contributed by atoms with van der Waals surface area (Å²) in [6, 6.07) is 4.70. The van der Waals surface area contributed by atoms with Crippen molar-refractivity contribution >= 4 is 17.7 Å². The molecule has 2 nitrogen and oxygen atoms in total. The first kappa shape index (κ1) is 14.9. The van der Waals surface area contributed by atoms with Crippen LogP contribution in [0.4, 0.5) is 13.2 Å². The molecule has 1 aromatic rings. The molecule has 1 atom stereocenters. The minimum absolute atomic E-state index is 0.288. The average Bonchev–Trinajstić information content (AvgIpc) is 2.28. The van der Waals surface area contributed by atoms with E-state index in [4.69, 9.17) is 4.74 Å². The van der Waals surface area contributed by atoms with E-state index in [1.54, 1.807) is 13.8 Å². The minimum Gasteiger partial charge on any atom is -0.465 e. The van der Waals surface area contributed by atoms with Crippen LogP contribution in [0.3, 0.4) is 0 Å². The van der Waals surface area contributed by atoms with Crippen molar-refractivity contribution in [1.29, 1.82) is 0 Å². The normalized spacial score (nSPS) is 13.2. The number of thioether (sulfide) groups is 1. The maximum Gasteiger partial charge on any atom is 0.416 e. The Morgan fingerprint density at radius 1 is 1.33 bits per heavy atom. The number of benzene rings is 1. The fourth-order valence-electron chi connectivity index (χ4n) is 1.23. The summed E-state index contributed by atoms with van der Waals surface area (Å²) in [7, 11) is 0. The lowest BCUT2D eigenvalue weighted by Crippen LogP contribution is -2.16. The number of esters is 1. The average molecular weight is 278 g/mol. The number of carbonyl (C=O) groups excluding carboxylic acids is 1. The zero-order chi connectivity index (χ0) is 13.8. The Balaban J connectivity index is 2.67. The van der Waals surface area contributed by atoms with E-state index < -0.39 is 17.0 Å². The van der Waals surface area contributed by atoms with Crippen molar-refractivity contribution in [2.24, 2.45) is 0 Å². The van der Waals surface area contributed by atoms with Crippen LogP contribution in [0, 0.1) is 0 Å². The molecule has 0 N–H and O–H groups in total. The predicted octanol–water partition coefficient (Wildman–Crippen LogP) is 3.75. The Labute approximate surface area is 108 Å². The molecule has 0 radical (unpaired) electrons. The van der Waals surface area contributed by atoms with Gasteiger partial charge < -0.3 is 4.74 Å². The number of rotatable bonds is 4. The molecule has 0 heterocycles. The summed E-state index contributed by atoms with van der Waals surface area (Å²) in [6.07, 6.45) is -4.34. The molecule has 0 fully saturated rings. The van der Waals surface area contributed by atoms with E-state index in [2.05, 4.69) is 0 Å². The Morgan fingerprint density at radius 3 is 2.33 bits per heavy atom. The van der Waals surface area contributed by atoms with Gasteiger partial charge in [-0.2, -0.15) is 13.2 Å². The molecule has 1 aromatic carbocycles. The monoisotopic (exact) mass is 278 g/mol. The van der Waals surface area contributed by atoms with Crippen LogP contribution in [0.1, 0.15) is 19.4 Å². The summed E-state index contributed by atoms with van der Waals surface area (Å²) < 4.78 is 41.8. The van der Waals surface area contributed by atoms with Gasteiger partial charge in [-0.1, -0.05) is 0 Å². The van der Waals surface area contributed by atoms with Crippen molar-refractivity contribution in [2.45, 2.75) is 30.2 Å². The number of hydrogen-bond donors (Lipinski definition) is 0. The van der Waals surface area contributed by atoms with Crippen LogP contribution in [0.15, 0.2) is 29.2 Å². The third-order valence-corrected chi connectivity index (χ3v) is 3.20. The van der Waals surface area contributed by atoms with Crippen molar-refractivity contribution in [1.82, 2.24) is 0 Å². The molecule has 0 aliphatic carbocycles. The molecule has 0 spiro atoms. The lowest BCUT2D eigenvalue weighted by atomic mass is 10.2. The molecule has 1 unspecified atom stereocenters. The summed E-state index contributed by atoms with van der Waals surface area (Å²) >= 11 is 1.17. The highest BCUT2D eigenvalue weighted by atomic mass is 32.2. The van der Waals surface area contributed by atoms with Crippen LogP contribution in [0.25, 0.3) is 0 Å². The van der Waals surface area contributed by atoms with Crippen molar-refractivity contribution in [3.05, 3.63) is 29.8 Å². The van der Waals surface area contributed by atoms with E-state index in [1.165, 1.54) is 23.9 Å². The van der Waals surface area contributed by atoms with Crippen LogP contribution < -0.4 is 0 Å². The van der Waals surface area contributed by atoms with Crippen molar-refractivity contribution in [2.75, 3.05) is 6.61 Å². The van der Waals surface area contributed by atoms with Crippen LogP contribution in [-0.4, -0.2) is 17.8 Å². The molecule has 100 valence electrons. The summed E-state index contributed by atoms with van der Waals surface area (Å²) in [5, 5.41) is -0.443. The Hall–Kier alpha value is -1.17. The summed E-state index contributed by atoms with van der Waals surface area (Å²) in [5.74, 6) is -0.373. The van der Waals surface area contributed by atoms with Gasteiger partial charge in [0, 0.05) is 4.90 Å². The zero-order valence-corrected chi connectivity index (χ0v) is 10.8. The van der Waals surface area contributed by atoms with Gasteiger partial charge in [0.05, 0.1) is 12.2 Å². The van der Waals surface area contributed by atoms with E-state index in [9.17, 15) is 18.0 Å². The Kier molecular flexibility index (Phi) is 5.07. The maximum absolute atomic E-state index is 12.3. The highest BCUT2D eigenvalue weighted by Crippen LogP contribution is 2.31. The maximum atomic E-state index is 12.3. The van der Waals surface area contributed by atoms with Crippen molar-refractivity contribution in [3.63, 3.8) is 0 Å². The molecule has 0 saturated heterocycles. The summed E-state index contributed by atoms with van der Waals surface area (Å²) in [4.78, 5) is 12.0. The lowest BCUT2D eigenvalue weighted by Gasteiger charge is -2.11. The highest BCUT2D eigenvalue weighted by molar-refractivity contribution is 8.00. The molecule has 0 amide bonds. The van der Waals surface area contributed by atoms with E-state index in [1.807, 2.05) is 0 Å². The number of alkyl halides is 3. The number of ether oxygens (including phenoxy) is 1.